The lowest BCUT2D eigenvalue weighted by molar-refractivity contribution is 0.0674. The lowest BCUT2D eigenvalue weighted by atomic mass is 10.1. The quantitative estimate of drug-likeness (QED) is 0.921. The van der Waals surface area contributed by atoms with Gasteiger partial charge in [0.1, 0.15) is 12.4 Å². The van der Waals surface area contributed by atoms with Gasteiger partial charge in [0, 0.05) is 31.3 Å². The van der Waals surface area contributed by atoms with E-state index in [9.17, 15) is 4.79 Å². The second kappa shape index (κ2) is 7.11. The number of rotatable bonds is 4. The zero-order valence-corrected chi connectivity index (χ0v) is 12.9. The van der Waals surface area contributed by atoms with Crippen LogP contribution in [-0.2, 0) is 4.74 Å². The van der Waals surface area contributed by atoms with Crippen LogP contribution in [0.1, 0.15) is 36.0 Å². The smallest absolute Gasteiger partial charge is 0.254 e. The number of nitrogens with two attached hydrogens (primary N) is 1. The third-order valence-corrected chi connectivity index (χ3v) is 4.29. The first-order valence-electron chi connectivity index (χ1n) is 8.12. The van der Waals surface area contributed by atoms with Gasteiger partial charge in [-0.05, 0) is 43.9 Å². The Labute approximate surface area is 131 Å². The molecule has 0 aromatic heterocycles. The summed E-state index contributed by atoms with van der Waals surface area (Å²) >= 11 is 0. The van der Waals surface area contributed by atoms with Crippen LogP contribution in [0.3, 0.4) is 0 Å². The summed E-state index contributed by atoms with van der Waals surface area (Å²) in [6, 6.07) is 7.49. The van der Waals surface area contributed by atoms with Gasteiger partial charge in [-0.3, -0.25) is 4.79 Å². The number of benzene rings is 1. The first-order chi connectivity index (χ1) is 10.7. The van der Waals surface area contributed by atoms with Crippen molar-refractivity contribution in [2.24, 2.45) is 5.73 Å². The number of hydrogen-bond donors (Lipinski definition) is 1. The molecule has 22 heavy (non-hydrogen) atoms. The largest absolute Gasteiger partial charge is 0.491 e. The Hall–Kier alpha value is -1.59. The molecule has 2 aliphatic heterocycles. The highest BCUT2D eigenvalue weighted by Gasteiger charge is 2.22. The fourth-order valence-corrected chi connectivity index (χ4v) is 3.06. The van der Waals surface area contributed by atoms with Crippen molar-refractivity contribution < 1.29 is 14.3 Å². The Morgan fingerprint density at radius 2 is 2.27 bits per heavy atom. The van der Waals surface area contributed by atoms with E-state index in [1.165, 1.54) is 0 Å². The average Bonchev–Trinajstić information content (AvgIpc) is 3.06. The fourth-order valence-electron chi connectivity index (χ4n) is 3.06. The Bertz CT molecular complexity index is 514. The molecule has 3 rings (SSSR count). The van der Waals surface area contributed by atoms with Gasteiger partial charge in [0.2, 0.25) is 0 Å². The Balaban J connectivity index is 1.61. The van der Waals surface area contributed by atoms with Gasteiger partial charge < -0.3 is 20.1 Å². The number of ether oxygens (including phenoxy) is 2. The van der Waals surface area contributed by atoms with E-state index in [0.29, 0.717) is 18.7 Å². The molecule has 5 nitrogen and oxygen atoms in total. The van der Waals surface area contributed by atoms with Crippen LogP contribution >= 0.6 is 0 Å². The van der Waals surface area contributed by atoms with E-state index in [1.54, 1.807) is 0 Å². The van der Waals surface area contributed by atoms with Crippen LogP contribution in [0.4, 0.5) is 0 Å². The molecule has 0 spiro atoms. The number of amides is 1. The minimum Gasteiger partial charge on any atom is -0.491 e. The Kier molecular flexibility index (Phi) is 4.95. The highest BCUT2D eigenvalue weighted by Crippen LogP contribution is 2.19. The van der Waals surface area contributed by atoms with Crippen LogP contribution in [0.2, 0.25) is 0 Å². The van der Waals surface area contributed by atoms with Gasteiger partial charge in [-0.25, -0.2) is 0 Å². The average molecular weight is 304 g/mol. The molecule has 2 saturated heterocycles. The van der Waals surface area contributed by atoms with Gasteiger partial charge in [-0.15, -0.1) is 0 Å². The molecule has 0 unspecified atom stereocenters. The van der Waals surface area contributed by atoms with E-state index in [1.807, 2.05) is 29.2 Å². The third kappa shape index (κ3) is 3.78. The van der Waals surface area contributed by atoms with Crippen molar-refractivity contribution in [1.29, 1.82) is 0 Å². The standard InChI is InChI=1S/C17H24N2O3/c18-14-5-2-8-19(11-14)17(20)13-4-1-6-15(10-13)22-12-16-7-3-9-21-16/h1,4,6,10,14,16H,2-3,5,7-9,11-12,18H2/t14-,16+/m0/s1. The molecule has 2 N–H and O–H groups in total. The molecule has 0 saturated carbocycles. The molecule has 0 bridgehead atoms. The lowest BCUT2D eigenvalue weighted by Gasteiger charge is -2.30. The van der Waals surface area contributed by atoms with E-state index in [0.717, 1.165) is 44.6 Å². The summed E-state index contributed by atoms with van der Waals surface area (Å²) in [7, 11) is 0. The molecule has 0 aliphatic carbocycles. The highest BCUT2D eigenvalue weighted by atomic mass is 16.5. The van der Waals surface area contributed by atoms with E-state index in [4.69, 9.17) is 15.2 Å². The molecule has 2 heterocycles. The van der Waals surface area contributed by atoms with Gasteiger partial charge in [0.25, 0.3) is 5.91 Å². The molecule has 120 valence electrons. The summed E-state index contributed by atoms with van der Waals surface area (Å²) in [6.07, 6.45) is 4.29. The van der Waals surface area contributed by atoms with Crippen molar-refractivity contribution in [3.8, 4) is 5.75 Å². The zero-order valence-electron chi connectivity index (χ0n) is 12.9. The molecule has 1 amide bonds. The molecule has 5 heteroatoms. The topological polar surface area (TPSA) is 64.8 Å². The molecule has 1 aromatic carbocycles. The lowest BCUT2D eigenvalue weighted by Crippen LogP contribution is -2.45. The summed E-state index contributed by atoms with van der Waals surface area (Å²) < 4.78 is 11.3. The maximum Gasteiger partial charge on any atom is 0.254 e. The molecular weight excluding hydrogens is 280 g/mol. The first-order valence-corrected chi connectivity index (χ1v) is 8.12. The number of piperidine rings is 1. The van der Waals surface area contributed by atoms with Crippen molar-refractivity contribution >= 4 is 5.91 Å². The van der Waals surface area contributed by atoms with Gasteiger partial charge >= 0.3 is 0 Å². The molecule has 2 fully saturated rings. The number of carbonyl (C=O) groups is 1. The van der Waals surface area contributed by atoms with Crippen LogP contribution in [0.25, 0.3) is 0 Å². The highest BCUT2D eigenvalue weighted by molar-refractivity contribution is 5.94. The Morgan fingerprint density at radius 1 is 1.36 bits per heavy atom. The predicted molar refractivity (Wildman–Crippen MR) is 84.0 cm³/mol. The van der Waals surface area contributed by atoms with Crippen molar-refractivity contribution in [2.45, 2.75) is 37.8 Å². The normalized spacial score (nSPS) is 25.2. The summed E-state index contributed by atoms with van der Waals surface area (Å²) in [6.45, 7) is 2.79. The van der Waals surface area contributed by atoms with Crippen molar-refractivity contribution in [2.75, 3.05) is 26.3 Å². The predicted octanol–water partition coefficient (Wildman–Crippen LogP) is 1.81. The second-order valence-corrected chi connectivity index (χ2v) is 6.13. The van der Waals surface area contributed by atoms with Crippen molar-refractivity contribution in [3.05, 3.63) is 29.8 Å². The van der Waals surface area contributed by atoms with E-state index >= 15 is 0 Å². The van der Waals surface area contributed by atoms with Crippen LogP contribution < -0.4 is 10.5 Å². The number of likely N-dealkylation sites (tertiary alicyclic amines) is 1. The zero-order chi connectivity index (χ0) is 15.4. The second-order valence-electron chi connectivity index (χ2n) is 6.13. The SMILES string of the molecule is N[C@H]1CCCN(C(=O)c2cccc(OC[C@H]3CCCO3)c2)C1. The summed E-state index contributed by atoms with van der Waals surface area (Å²) in [5.41, 5.74) is 6.62. The van der Waals surface area contributed by atoms with Gasteiger partial charge in [0.05, 0.1) is 6.10 Å². The van der Waals surface area contributed by atoms with Crippen LogP contribution in [0.5, 0.6) is 5.75 Å². The minimum atomic E-state index is 0.0396. The fraction of sp³-hybridized carbons (Fsp3) is 0.588. The summed E-state index contributed by atoms with van der Waals surface area (Å²) in [4.78, 5) is 14.4. The van der Waals surface area contributed by atoms with Gasteiger partial charge in [-0.2, -0.15) is 0 Å². The first kappa shape index (κ1) is 15.3. The molecule has 2 atom stereocenters. The molecular formula is C17H24N2O3. The molecule has 2 aliphatic rings. The number of hydrogen-bond acceptors (Lipinski definition) is 4. The number of carbonyl (C=O) groups excluding carboxylic acids is 1. The molecule has 0 radical (unpaired) electrons. The van der Waals surface area contributed by atoms with Crippen molar-refractivity contribution in [1.82, 2.24) is 4.90 Å². The minimum absolute atomic E-state index is 0.0396. The van der Waals surface area contributed by atoms with Crippen LogP contribution in [-0.4, -0.2) is 49.3 Å². The number of nitrogens with zero attached hydrogens (tertiary/aromatic N) is 1. The summed E-state index contributed by atoms with van der Waals surface area (Å²) in [5, 5.41) is 0. The van der Waals surface area contributed by atoms with Gasteiger partial charge in [0.15, 0.2) is 0 Å². The maximum absolute atomic E-state index is 12.5. The van der Waals surface area contributed by atoms with Crippen LogP contribution in [0, 0.1) is 0 Å². The van der Waals surface area contributed by atoms with Gasteiger partial charge in [-0.1, -0.05) is 6.07 Å². The third-order valence-electron chi connectivity index (χ3n) is 4.29. The van der Waals surface area contributed by atoms with Crippen molar-refractivity contribution in [3.63, 3.8) is 0 Å². The van der Waals surface area contributed by atoms with Crippen LogP contribution in [0.15, 0.2) is 24.3 Å². The molecule has 1 aromatic rings. The van der Waals surface area contributed by atoms with E-state index < -0.39 is 0 Å². The van der Waals surface area contributed by atoms with E-state index in [-0.39, 0.29) is 18.1 Å². The monoisotopic (exact) mass is 304 g/mol. The Morgan fingerprint density at radius 3 is 3.05 bits per heavy atom. The maximum atomic E-state index is 12.5. The van der Waals surface area contributed by atoms with E-state index in [2.05, 4.69) is 0 Å². The summed E-state index contributed by atoms with van der Waals surface area (Å²) in [5.74, 6) is 0.764.